The number of carbonyl (C=O) groups is 2. The molecule has 3 rings (SSSR count). The maximum atomic E-state index is 12.5. The fourth-order valence-electron chi connectivity index (χ4n) is 2.46. The topological polar surface area (TPSA) is 53.5 Å². The van der Waals surface area contributed by atoms with E-state index in [0.29, 0.717) is 10.6 Å². The summed E-state index contributed by atoms with van der Waals surface area (Å²) in [4.78, 5) is 30.8. The molecule has 0 N–H and O–H groups in total. The first-order valence-electron chi connectivity index (χ1n) is 7.30. The van der Waals surface area contributed by atoms with E-state index in [0.717, 1.165) is 4.90 Å². The van der Waals surface area contributed by atoms with Gasteiger partial charge in [0, 0.05) is 23.8 Å². The number of anilines is 1. The van der Waals surface area contributed by atoms with Gasteiger partial charge in [0.2, 0.25) is 0 Å². The summed E-state index contributed by atoms with van der Waals surface area (Å²) in [7, 11) is 0. The van der Waals surface area contributed by atoms with Crippen LogP contribution >= 0.6 is 23.4 Å². The summed E-state index contributed by atoms with van der Waals surface area (Å²) in [5.74, 6) is -0.462. The van der Waals surface area contributed by atoms with E-state index in [4.69, 9.17) is 11.6 Å². The molecule has 0 bridgehead atoms. The number of benzene rings is 1. The predicted octanol–water partition coefficient (Wildman–Crippen LogP) is 4.32. The number of hydrogen-bond donors (Lipinski definition) is 0. The van der Waals surface area contributed by atoms with Crippen LogP contribution in [0.25, 0.3) is 0 Å². The van der Waals surface area contributed by atoms with Gasteiger partial charge in [0.25, 0.3) is 5.91 Å². The second kappa shape index (κ2) is 7.16. The van der Waals surface area contributed by atoms with Gasteiger partial charge in [0.1, 0.15) is 6.54 Å². The van der Waals surface area contributed by atoms with Crippen molar-refractivity contribution in [1.82, 2.24) is 9.88 Å². The van der Waals surface area contributed by atoms with Crippen LogP contribution in [-0.2, 0) is 11.3 Å². The summed E-state index contributed by atoms with van der Waals surface area (Å²) in [5, 5.41) is 0.375. The molecule has 1 aliphatic rings. The number of hydrogen-bond acceptors (Lipinski definition) is 4. The Bertz CT molecular complexity index is 845. The molecule has 26 heavy (non-hydrogen) atoms. The Hall–Kier alpha value is -2.26. The minimum absolute atomic E-state index is 0.0271. The molecule has 3 amide bonds. The van der Waals surface area contributed by atoms with Crippen molar-refractivity contribution in [2.45, 2.75) is 16.9 Å². The van der Waals surface area contributed by atoms with E-state index in [9.17, 15) is 22.8 Å². The summed E-state index contributed by atoms with van der Waals surface area (Å²) in [5.41, 5.74) is -3.54. The molecule has 10 heteroatoms. The summed E-state index contributed by atoms with van der Waals surface area (Å²) in [6.07, 6.45) is 2.96. The van der Waals surface area contributed by atoms with Gasteiger partial charge < -0.3 is 4.90 Å². The van der Waals surface area contributed by atoms with Gasteiger partial charge in [-0.15, -0.1) is 0 Å². The fraction of sp³-hybridized carbons (Fsp3) is 0.188. The highest BCUT2D eigenvalue weighted by molar-refractivity contribution is 8.00. The van der Waals surface area contributed by atoms with Gasteiger partial charge in [-0.3, -0.25) is 9.78 Å². The highest BCUT2D eigenvalue weighted by Crippen LogP contribution is 2.37. The van der Waals surface area contributed by atoms with Crippen molar-refractivity contribution in [3.8, 4) is 0 Å². The van der Waals surface area contributed by atoms with Crippen molar-refractivity contribution in [1.29, 1.82) is 0 Å². The number of thioether (sulfide) groups is 1. The molecule has 5 nitrogen and oxygen atoms in total. The molecule has 0 saturated carbocycles. The van der Waals surface area contributed by atoms with Crippen molar-refractivity contribution in [3.63, 3.8) is 0 Å². The van der Waals surface area contributed by atoms with Crippen molar-refractivity contribution < 1.29 is 22.8 Å². The van der Waals surface area contributed by atoms with E-state index in [1.54, 1.807) is 6.07 Å². The zero-order valence-electron chi connectivity index (χ0n) is 13.0. The summed E-state index contributed by atoms with van der Waals surface area (Å²) >= 11 is 5.76. The van der Waals surface area contributed by atoms with E-state index in [2.05, 4.69) is 4.98 Å². The van der Waals surface area contributed by atoms with Crippen LogP contribution in [0.5, 0.6) is 0 Å². The molecule has 0 spiro atoms. The van der Waals surface area contributed by atoms with E-state index >= 15 is 0 Å². The van der Waals surface area contributed by atoms with Crippen LogP contribution in [0, 0.1) is 0 Å². The number of carbonyl (C=O) groups excluding carboxylic acids is 2. The van der Waals surface area contributed by atoms with Crippen LogP contribution in [0.3, 0.4) is 0 Å². The number of pyridine rings is 1. The third-order valence-electron chi connectivity index (χ3n) is 3.58. The number of rotatable bonds is 4. The van der Waals surface area contributed by atoms with E-state index in [1.165, 1.54) is 41.6 Å². The molecular formula is C16H11ClF3N3O2S. The number of amides is 3. The number of halogens is 4. The van der Waals surface area contributed by atoms with E-state index in [-0.39, 0.29) is 35.4 Å². The molecule has 0 aliphatic carbocycles. The monoisotopic (exact) mass is 401 g/mol. The molecule has 136 valence electrons. The minimum Gasteiger partial charge on any atom is -0.310 e. The Morgan fingerprint density at radius 2 is 1.85 bits per heavy atom. The first-order chi connectivity index (χ1) is 12.2. The lowest BCUT2D eigenvalue weighted by molar-refractivity contribution is -0.116. The van der Waals surface area contributed by atoms with Crippen LogP contribution in [0.1, 0.15) is 5.56 Å². The number of nitrogens with zero attached hydrogens (tertiary/aromatic N) is 3. The van der Waals surface area contributed by atoms with Crippen molar-refractivity contribution in [3.05, 3.63) is 53.3 Å². The lowest BCUT2D eigenvalue weighted by Gasteiger charge is -2.18. The Morgan fingerprint density at radius 3 is 2.46 bits per heavy atom. The average Bonchev–Trinajstić information content (AvgIpc) is 2.83. The summed E-state index contributed by atoms with van der Waals surface area (Å²) in [6.45, 7) is -0.0129. The van der Waals surface area contributed by atoms with Crippen LogP contribution in [-0.4, -0.2) is 33.9 Å². The SMILES string of the molecule is O=C1CN(Cc2ccncc2Cl)C(=O)N1c1ccc(SC(F)(F)F)cc1. The summed E-state index contributed by atoms with van der Waals surface area (Å²) < 4.78 is 37.1. The van der Waals surface area contributed by atoms with Gasteiger partial charge in [0.15, 0.2) is 0 Å². The van der Waals surface area contributed by atoms with Crippen molar-refractivity contribution in [2.24, 2.45) is 0 Å². The molecule has 0 atom stereocenters. The quantitative estimate of drug-likeness (QED) is 0.565. The Labute approximate surface area is 155 Å². The number of alkyl halides is 3. The maximum absolute atomic E-state index is 12.5. The van der Waals surface area contributed by atoms with Crippen LogP contribution in [0.2, 0.25) is 5.02 Å². The van der Waals surface area contributed by atoms with Crippen molar-refractivity contribution >= 4 is 41.0 Å². The molecule has 2 heterocycles. The smallest absolute Gasteiger partial charge is 0.310 e. The first kappa shape index (κ1) is 18.5. The fourth-order valence-corrected chi connectivity index (χ4v) is 3.18. The van der Waals surface area contributed by atoms with Gasteiger partial charge >= 0.3 is 11.5 Å². The van der Waals surface area contributed by atoms with Gasteiger partial charge in [-0.25, -0.2) is 9.69 Å². The zero-order chi connectivity index (χ0) is 18.9. The second-order valence-corrected chi connectivity index (χ2v) is 6.92. The lowest BCUT2D eigenvalue weighted by Crippen LogP contribution is -2.32. The largest absolute Gasteiger partial charge is 0.446 e. The zero-order valence-corrected chi connectivity index (χ0v) is 14.6. The highest BCUT2D eigenvalue weighted by atomic mass is 35.5. The summed E-state index contributed by atoms with van der Waals surface area (Å²) in [6, 6.07) is 6.15. The second-order valence-electron chi connectivity index (χ2n) is 5.38. The molecule has 1 fully saturated rings. The maximum Gasteiger partial charge on any atom is 0.446 e. The molecule has 1 aromatic heterocycles. The van der Waals surface area contributed by atoms with Gasteiger partial charge in [-0.2, -0.15) is 13.2 Å². The van der Waals surface area contributed by atoms with Crippen LogP contribution in [0.15, 0.2) is 47.6 Å². The minimum atomic E-state index is -4.40. The predicted molar refractivity (Wildman–Crippen MR) is 90.9 cm³/mol. The normalized spacial score (nSPS) is 15.1. The molecule has 2 aromatic rings. The molecule has 1 aliphatic heterocycles. The van der Waals surface area contributed by atoms with E-state index in [1.807, 2.05) is 0 Å². The molecular weight excluding hydrogens is 391 g/mol. The molecule has 0 radical (unpaired) electrons. The van der Waals surface area contributed by atoms with Crippen LogP contribution in [0.4, 0.5) is 23.7 Å². The Morgan fingerprint density at radius 1 is 1.15 bits per heavy atom. The van der Waals surface area contributed by atoms with Crippen molar-refractivity contribution in [2.75, 3.05) is 11.4 Å². The van der Waals surface area contributed by atoms with Crippen LogP contribution < -0.4 is 4.90 Å². The molecule has 1 aromatic carbocycles. The first-order valence-corrected chi connectivity index (χ1v) is 8.50. The number of urea groups is 1. The highest BCUT2D eigenvalue weighted by Gasteiger charge is 2.37. The third kappa shape index (κ3) is 4.10. The Kier molecular flexibility index (Phi) is 5.10. The van der Waals surface area contributed by atoms with Gasteiger partial charge in [-0.05, 0) is 47.7 Å². The molecule has 0 unspecified atom stereocenters. The lowest BCUT2D eigenvalue weighted by atomic mass is 10.2. The third-order valence-corrected chi connectivity index (χ3v) is 4.66. The van der Waals surface area contributed by atoms with Gasteiger partial charge in [-0.1, -0.05) is 11.6 Å². The number of aromatic nitrogens is 1. The standard InChI is InChI=1S/C16H11ClF3N3O2S/c17-13-7-21-6-5-10(13)8-22-9-14(24)23(15(22)25)11-1-3-12(4-2-11)26-16(18,19)20/h1-7H,8-9H2. The van der Waals surface area contributed by atoms with Gasteiger partial charge in [0.05, 0.1) is 10.7 Å². The average molecular weight is 402 g/mol. The van der Waals surface area contributed by atoms with E-state index < -0.39 is 17.4 Å². The number of imide groups is 1. The molecule has 1 saturated heterocycles. The Balaban J connectivity index is 1.76.